The molecular weight excluding hydrogens is 426 g/mol. The number of carbonyl (C=O) groups is 2. The minimum atomic E-state index is -1.17. The third-order valence-electron chi connectivity index (χ3n) is 6.03. The van der Waals surface area contributed by atoms with Gasteiger partial charge in [0.1, 0.15) is 0 Å². The number of benzene rings is 1. The van der Waals surface area contributed by atoms with Crippen LogP contribution < -0.4 is 0 Å². The van der Waals surface area contributed by atoms with E-state index in [2.05, 4.69) is 10.2 Å². The molecule has 1 unspecified atom stereocenters. The first-order valence-electron chi connectivity index (χ1n) is 10.7. The Hall–Kier alpha value is -3.46. The van der Waals surface area contributed by atoms with Crippen molar-refractivity contribution in [1.82, 2.24) is 15.1 Å². The smallest absolute Gasteiger partial charge is 0.334 e. The van der Waals surface area contributed by atoms with E-state index in [1.54, 1.807) is 57.0 Å². The van der Waals surface area contributed by atoms with Crippen LogP contribution >= 0.6 is 0 Å². The van der Waals surface area contributed by atoms with E-state index in [0.717, 1.165) is 0 Å². The summed E-state index contributed by atoms with van der Waals surface area (Å²) in [5.74, 6) is -2.49. The number of aromatic nitrogens is 2. The molecule has 2 aromatic rings. The molecule has 1 aromatic carbocycles. The first kappa shape index (κ1) is 24.2. The lowest BCUT2D eigenvalue weighted by Gasteiger charge is -2.39. The Morgan fingerprint density at radius 2 is 1.70 bits per heavy atom. The number of methoxy groups -OCH3 is 1. The van der Waals surface area contributed by atoms with Crippen molar-refractivity contribution in [1.29, 1.82) is 0 Å². The molecule has 0 amide bonds. The monoisotopic (exact) mass is 455 g/mol. The van der Waals surface area contributed by atoms with Crippen LogP contribution in [0, 0.1) is 12.8 Å². The summed E-state index contributed by atoms with van der Waals surface area (Å²) in [6.45, 7) is 9.42. The molecule has 0 saturated heterocycles. The summed E-state index contributed by atoms with van der Waals surface area (Å²) in [6.07, 6.45) is -0.208. The maximum absolute atomic E-state index is 12.4. The van der Waals surface area contributed by atoms with Gasteiger partial charge in [0.2, 0.25) is 11.8 Å². The molecule has 0 bridgehead atoms. The molecule has 1 aliphatic rings. The minimum absolute atomic E-state index is 0.00969. The predicted molar refractivity (Wildman–Crippen MR) is 120 cm³/mol. The fourth-order valence-electron chi connectivity index (χ4n) is 4.27. The van der Waals surface area contributed by atoms with Crippen molar-refractivity contribution >= 4 is 11.9 Å². The lowest BCUT2D eigenvalue weighted by Crippen LogP contribution is -2.40. The molecule has 2 heterocycles. The Balaban J connectivity index is 2.18. The number of allylic oxidation sites excluding steroid dienone is 2. The van der Waals surface area contributed by atoms with Gasteiger partial charge in [0.25, 0.3) is 0 Å². The number of nitrogens with zero attached hydrogens (tertiary/aromatic N) is 3. The van der Waals surface area contributed by atoms with E-state index < -0.39 is 17.9 Å². The average molecular weight is 456 g/mol. The fourth-order valence-corrected chi connectivity index (χ4v) is 4.27. The second-order valence-corrected chi connectivity index (χ2v) is 8.42. The van der Waals surface area contributed by atoms with Gasteiger partial charge in [0.05, 0.1) is 23.2 Å². The molecule has 0 radical (unpaired) electrons. The molecule has 9 nitrogen and oxygen atoms in total. The molecule has 1 atom stereocenters. The topological polar surface area (TPSA) is 126 Å². The molecule has 3 rings (SSSR count). The van der Waals surface area contributed by atoms with Crippen LogP contribution in [0.4, 0.5) is 0 Å². The molecule has 1 aromatic heterocycles. The molecule has 0 saturated carbocycles. The van der Waals surface area contributed by atoms with Crippen LogP contribution in [0.3, 0.4) is 0 Å². The largest absolute Gasteiger partial charge is 0.478 e. The summed E-state index contributed by atoms with van der Waals surface area (Å²) in [4.78, 5) is 26.6. The molecule has 0 aliphatic carbocycles. The van der Waals surface area contributed by atoms with E-state index in [-0.39, 0.29) is 29.1 Å². The number of aliphatic carboxylic acids is 2. The van der Waals surface area contributed by atoms with E-state index in [1.165, 1.54) is 0 Å². The lowest BCUT2D eigenvalue weighted by atomic mass is 9.79. The van der Waals surface area contributed by atoms with Gasteiger partial charge in [-0.05, 0) is 37.5 Å². The predicted octanol–water partition coefficient (Wildman–Crippen LogP) is 3.83. The van der Waals surface area contributed by atoms with Crippen LogP contribution in [0.5, 0.6) is 0 Å². The standard InChI is InChI=1S/C24H29N3O6/c1-12(2)18(32-6)11-27-13(3)19(23(28)29)21(20(14(27)4)24(30)31)16-8-7-9-17(10-16)22-26-25-15(5)33-22/h7-10,12,18,21H,11H2,1-6H3,(H,28,29)(H,30,31). The minimum Gasteiger partial charge on any atom is -0.478 e. The van der Waals surface area contributed by atoms with Gasteiger partial charge in [-0.25, -0.2) is 9.59 Å². The summed E-state index contributed by atoms with van der Waals surface area (Å²) in [7, 11) is 1.59. The molecule has 176 valence electrons. The molecule has 33 heavy (non-hydrogen) atoms. The Kier molecular flexibility index (Phi) is 7.02. The molecule has 0 spiro atoms. The second-order valence-electron chi connectivity index (χ2n) is 8.42. The van der Waals surface area contributed by atoms with Crippen LogP contribution in [0.2, 0.25) is 0 Å². The van der Waals surface area contributed by atoms with Crippen LogP contribution in [0.15, 0.2) is 51.2 Å². The van der Waals surface area contributed by atoms with Crippen molar-refractivity contribution in [3.05, 3.63) is 58.3 Å². The van der Waals surface area contributed by atoms with E-state index in [9.17, 15) is 19.8 Å². The molecule has 1 aliphatic heterocycles. The molecule has 9 heteroatoms. The number of carboxylic acid groups (broad SMARTS) is 2. The average Bonchev–Trinajstić information content (AvgIpc) is 3.19. The van der Waals surface area contributed by atoms with E-state index in [4.69, 9.17) is 9.15 Å². The number of carboxylic acids is 2. The number of rotatable bonds is 8. The molecular formula is C24H29N3O6. The number of ether oxygens (including phenoxy) is 1. The number of aryl methyl sites for hydroxylation is 1. The van der Waals surface area contributed by atoms with Crippen molar-refractivity contribution in [3.63, 3.8) is 0 Å². The van der Waals surface area contributed by atoms with E-state index >= 15 is 0 Å². The lowest BCUT2D eigenvalue weighted by molar-refractivity contribution is -0.133. The zero-order chi connectivity index (χ0) is 24.4. The Labute approximate surface area is 192 Å². The summed E-state index contributed by atoms with van der Waals surface area (Å²) < 4.78 is 11.1. The summed E-state index contributed by atoms with van der Waals surface area (Å²) in [5.41, 5.74) is 2.09. The SMILES string of the molecule is COC(CN1C(C)=C(C(=O)O)C(c2cccc(-c3nnc(C)o3)c2)C(C(=O)O)=C1C)C(C)C. The fraction of sp³-hybridized carbons (Fsp3) is 0.417. The van der Waals surface area contributed by atoms with Gasteiger partial charge < -0.3 is 24.3 Å². The Bertz CT molecular complexity index is 1090. The van der Waals surface area contributed by atoms with Crippen LogP contribution in [0.1, 0.15) is 45.1 Å². The number of hydrogen-bond donors (Lipinski definition) is 2. The van der Waals surface area contributed by atoms with Crippen molar-refractivity contribution in [2.24, 2.45) is 5.92 Å². The van der Waals surface area contributed by atoms with Crippen molar-refractivity contribution < 1.29 is 29.0 Å². The van der Waals surface area contributed by atoms with Gasteiger partial charge in [-0.3, -0.25) is 0 Å². The first-order valence-corrected chi connectivity index (χ1v) is 10.7. The van der Waals surface area contributed by atoms with Crippen molar-refractivity contribution in [3.8, 4) is 11.5 Å². The highest BCUT2D eigenvalue weighted by molar-refractivity contribution is 5.98. The maximum atomic E-state index is 12.4. The maximum Gasteiger partial charge on any atom is 0.334 e. The molecule has 0 fully saturated rings. The summed E-state index contributed by atoms with van der Waals surface area (Å²) in [6, 6.07) is 6.89. The quantitative estimate of drug-likeness (QED) is 0.610. The second kappa shape index (κ2) is 9.58. The normalized spacial score (nSPS) is 16.0. The van der Waals surface area contributed by atoms with Crippen LogP contribution in [-0.4, -0.2) is 57.0 Å². The Morgan fingerprint density at radius 3 is 2.15 bits per heavy atom. The Morgan fingerprint density at radius 1 is 1.09 bits per heavy atom. The zero-order valence-electron chi connectivity index (χ0n) is 19.6. The number of hydrogen-bond acceptors (Lipinski definition) is 7. The highest BCUT2D eigenvalue weighted by atomic mass is 16.5. The van der Waals surface area contributed by atoms with E-state index in [0.29, 0.717) is 35.0 Å². The van der Waals surface area contributed by atoms with Crippen molar-refractivity contribution in [2.75, 3.05) is 13.7 Å². The third kappa shape index (κ3) is 4.68. The van der Waals surface area contributed by atoms with Gasteiger partial charge in [-0.1, -0.05) is 26.0 Å². The van der Waals surface area contributed by atoms with E-state index in [1.807, 2.05) is 13.8 Å². The third-order valence-corrected chi connectivity index (χ3v) is 6.03. The van der Waals surface area contributed by atoms with Gasteiger partial charge >= 0.3 is 11.9 Å². The molecule has 2 N–H and O–H groups in total. The highest BCUT2D eigenvalue weighted by Crippen LogP contribution is 2.43. The van der Waals surface area contributed by atoms with Gasteiger partial charge in [-0.2, -0.15) is 0 Å². The highest BCUT2D eigenvalue weighted by Gasteiger charge is 2.40. The zero-order valence-corrected chi connectivity index (χ0v) is 19.6. The van der Waals surface area contributed by atoms with Crippen LogP contribution in [-0.2, 0) is 14.3 Å². The first-order chi connectivity index (χ1) is 15.6. The van der Waals surface area contributed by atoms with Gasteiger partial charge in [0.15, 0.2) is 0 Å². The summed E-state index contributed by atoms with van der Waals surface area (Å²) >= 11 is 0. The van der Waals surface area contributed by atoms with Crippen LogP contribution in [0.25, 0.3) is 11.5 Å². The van der Waals surface area contributed by atoms with Crippen molar-refractivity contribution in [2.45, 2.75) is 46.6 Å². The summed E-state index contributed by atoms with van der Waals surface area (Å²) in [5, 5.41) is 28.2. The van der Waals surface area contributed by atoms with Gasteiger partial charge in [0, 0.05) is 37.5 Å². The van der Waals surface area contributed by atoms with Gasteiger partial charge in [-0.15, -0.1) is 10.2 Å².